The van der Waals surface area contributed by atoms with Crippen LogP contribution in [-0.4, -0.2) is 45.9 Å². The van der Waals surface area contributed by atoms with Gasteiger partial charge in [-0.15, -0.1) is 0 Å². The summed E-state index contributed by atoms with van der Waals surface area (Å²) in [7, 11) is -0.830. The fraction of sp³-hybridized carbons (Fsp3) is 0.222. The smallest absolute Gasteiger partial charge is 0.333 e. The molecule has 9 heteroatoms. The summed E-state index contributed by atoms with van der Waals surface area (Å²) in [6.07, 6.45) is 1.06. The summed E-state index contributed by atoms with van der Waals surface area (Å²) in [5, 5.41) is 12.4. The predicted octanol–water partition coefficient (Wildman–Crippen LogP) is 1.45. The predicted molar refractivity (Wildman–Crippen MR) is 96.4 cm³/mol. The van der Waals surface area contributed by atoms with Crippen molar-refractivity contribution >= 4 is 21.7 Å². The van der Waals surface area contributed by atoms with Crippen LogP contribution in [0, 0.1) is 0 Å². The molecule has 8 nitrogen and oxygen atoms in total. The SMILES string of the molecule is COC(=O)[C@H](NC(=O)c1ccc(S(C)(=O)=O)cc1)c1ccc(OC)c(O)c1. The zero-order chi connectivity index (χ0) is 20.2. The normalized spacial score (nSPS) is 12.1. The largest absolute Gasteiger partial charge is 0.504 e. The summed E-state index contributed by atoms with van der Waals surface area (Å²) in [5.41, 5.74) is 0.454. The molecule has 0 saturated heterocycles. The molecule has 27 heavy (non-hydrogen) atoms. The Morgan fingerprint density at radius 1 is 1.07 bits per heavy atom. The van der Waals surface area contributed by atoms with Crippen LogP contribution in [0.4, 0.5) is 0 Å². The average Bonchev–Trinajstić information content (AvgIpc) is 2.64. The fourth-order valence-corrected chi connectivity index (χ4v) is 2.98. The van der Waals surface area contributed by atoms with Gasteiger partial charge in [-0.25, -0.2) is 13.2 Å². The van der Waals surface area contributed by atoms with Crippen molar-refractivity contribution in [2.45, 2.75) is 10.9 Å². The molecular weight excluding hydrogens is 374 g/mol. The molecule has 0 radical (unpaired) electrons. The van der Waals surface area contributed by atoms with Crippen molar-refractivity contribution in [2.24, 2.45) is 0 Å². The van der Waals surface area contributed by atoms with E-state index in [9.17, 15) is 23.1 Å². The summed E-state index contributed by atoms with van der Waals surface area (Å²) in [6.45, 7) is 0. The zero-order valence-corrected chi connectivity index (χ0v) is 15.7. The lowest BCUT2D eigenvalue weighted by atomic mass is 10.1. The Labute approximate surface area is 156 Å². The molecule has 2 N–H and O–H groups in total. The number of rotatable bonds is 6. The zero-order valence-electron chi connectivity index (χ0n) is 14.9. The molecular formula is C18H19NO7S. The second-order valence-electron chi connectivity index (χ2n) is 5.66. The minimum atomic E-state index is -3.39. The maximum Gasteiger partial charge on any atom is 0.333 e. The number of carbonyl (C=O) groups is 2. The lowest BCUT2D eigenvalue weighted by Crippen LogP contribution is -2.34. The Morgan fingerprint density at radius 3 is 2.19 bits per heavy atom. The number of phenols is 1. The number of esters is 1. The molecule has 0 spiro atoms. The number of benzene rings is 2. The van der Waals surface area contributed by atoms with Gasteiger partial charge in [-0.1, -0.05) is 6.07 Å². The molecule has 1 atom stereocenters. The number of sulfone groups is 1. The highest BCUT2D eigenvalue weighted by Crippen LogP contribution is 2.29. The highest BCUT2D eigenvalue weighted by atomic mass is 32.2. The van der Waals surface area contributed by atoms with E-state index in [0.29, 0.717) is 5.56 Å². The van der Waals surface area contributed by atoms with E-state index in [1.165, 1.54) is 56.7 Å². The first-order valence-electron chi connectivity index (χ1n) is 7.73. The van der Waals surface area contributed by atoms with Crippen molar-refractivity contribution in [3.05, 3.63) is 53.6 Å². The van der Waals surface area contributed by atoms with Gasteiger partial charge in [0.25, 0.3) is 5.91 Å². The maximum atomic E-state index is 12.5. The summed E-state index contributed by atoms with van der Waals surface area (Å²) >= 11 is 0. The van der Waals surface area contributed by atoms with Crippen molar-refractivity contribution in [3.8, 4) is 11.5 Å². The number of carbonyl (C=O) groups excluding carboxylic acids is 2. The number of nitrogens with one attached hydrogen (secondary N) is 1. The van der Waals surface area contributed by atoms with Crippen molar-refractivity contribution in [2.75, 3.05) is 20.5 Å². The Morgan fingerprint density at radius 2 is 1.70 bits per heavy atom. The lowest BCUT2D eigenvalue weighted by molar-refractivity contribution is -0.143. The fourth-order valence-electron chi connectivity index (χ4n) is 2.35. The van der Waals surface area contributed by atoms with Gasteiger partial charge in [0.15, 0.2) is 27.4 Å². The van der Waals surface area contributed by atoms with Gasteiger partial charge in [0.05, 0.1) is 19.1 Å². The van der Waals surface area contributed by atoms with E-state index >= 15 is 0 Å². The molecule has 0 aliphatic carbocycles. The highest BCUT2D eigenvalue weighted by Gasteiger charge is 2.25. The Bertz CT molecular complexity index is 952. The number of methoxy groups -OCH3 is 2. The number of aromatic hydroxyl groups is 1. The van der Waals surface area contributed by atoms with Crippen LogP contribution in [0.5, 0.6) is 11.5 Å². The van der Waals surface area contributed by atoms with Gasteiger partial charge in [0.1, 0.15) is 0 Å². The van der Waals surface area contributed by atoms with Crippen LogP contribution in [0.2, 0.25) is 0 Å². The molecule has 1 amide bonds. The van der Waals surface area contributed by atoms with Crippen LogP contribution in [0.15, 0.2) is 47.4 Å². The standard InChI is InChI=1S/C18H19NO7S/c1-25-15-9-6-12(10-14(15)20)16(18(22)26-2)19-17(21)11-4-7-13(8-5-11)27(3,23)24/h4-10,16,20H,1-3H3,(H,19,21)/t16-/m1/s1. The van der Waals surface area contributed by atoms with E-state index in [0.717, 1.165) is 6.26 Å². The second kappa shape index (κ2) is 8.09. The molecule has 0 aromatic heterocycles. The second-order valence-corrected chi connectivity index (χ2v) is 7.67. The van der Waals surface area contributed by atoms with Crippen molar-refractivity contribution in [1.29, 1.82) is 0 Å². The molecule has 0 fully saturated rings. The molecule has 0 unspecified atom stereocenters. The van der Waals surface area contributed by atoms with Crippen LogP contribution in [0.3, 0.4) is 0 Å². The van der Waals surface area contributed by atoms with E-state index in [1.807, 2.05) is 0 Å². The maximum absolute atomic E-state index is 12.5. The number of phenolic OH excluding ortho intramolecular Hbond substituents is 1. The minimum Gasteiger partial charge on any atom is -0.504 e. The number of hydrogen-bond acceptors (Lipinski definition) is 7. The molecule has 0 bridgehead atoms. The first-order valence-corrected chi connectivity index (χ1v) is 9.62. The van der Waals surface area contributed by atoms with E-state index in [4.69, 9.17) is 9.47 Å². The molecule has 2 rings (SSSR count). The number of amides is 1. The summed E-state index contributed by atoms with van der Waals surface area (Å²) in [4.78, 5) is 24.6. The van der Waals surface area contributed by atoms with Crippen molar-refractivity contribution in [3.63, 3.8) is 0 Å². The molecule has 2 aromatic carbocycles. The van der Waals surface area contributed by atoms with Gasteiger partial charge in [-0.2, -0.15) is 0 Å². The highest BCUT2D eigenvalue weighted by molar-refractivity contribution is 7.90. The first kappa shape index (κ1) is 20.2. The number of hydrogen-bond donors (Lipinski definition) is 2. The summed E-state index contributed by atoms with van der Waals surface area (Å²) < 4.78 is 32.7. The van der Waals surface area contributed by atoms with Crippen LogP contribution < -0.4 is 10.1 Å². The molecule has 144 valence electrons. The topological polar surface area (TPSA) is 119 Å². The van der Waals surface area contributed by atoms with Gasteiger partial charge in [0, 0.05) is 11.8 Å². The Balaban J connectivity index is 2.29. The molecule has 0 heterocycles. The van der Waals surface area contributed by atoms with Crippen LogP contribution in [0.25, 0.3) is 0 Å². The third-order valence-electron chi connectivity index (χ3n) is 3.79. The van der Waals surface area contributed by atoms with Gasteiger partial charge in [0.2, 0.25) is 0 Å². The average molecular weight is 393 g/mol. The van der Waals surface area contributed by atoms with Crippen molar-refractivity contribution < 1.29 is 32.6 Å². The van der Waals surface area contributed by atoms with Gasteiger partial charge in [-0.3, -0.25) is 4.79 Å². The molecule has 2 aromatic rings. The molecule has 0 saturated carbocycles. The third-order valence-corrected chi connectivity index (χ3v) is 4.92. The van der Waals surface area contributed by atoms with Gasteiger partial charge < -0.3 is 19.9 Å². The first-order chi connectivity index (χ1) is 12.7. The van der Waals surface area contributed by atoms with Crippen LogP contribution >= 0.6 is 0 Å². The van der Waals surface area contributed by atoms with E-state index in [-0.39, 0.29) is 22.0 Å². The van der Waals surface area contributed by atoms with Gasteiger partial charge in [-0.05, 0) is 42.0 Å². The minimum absolute atomic E-state index is 0.0728. The monoisotopic (exact) mass is 393 g/mol. The summed E-state index contributed by atoms with van der Waals surface area (Å²) in [5.74, 6) is -1.33. The summed E-state index contributed by atoms with van der Waals surface area (Å²) in [6, 6.07) is 8.35. The Hall–Kier alpha value is -3.07. The quantitative estimate of drug-likeness (QED) is 0.713. The molecule has 0 aliphatic rings. The lowest BCUT2D eigenvalue weighted by Gasteiger charge is -2.18. The Kier molecular flexibility index (Phi) is 6.06. The third kappa shape index (κ3) is 4.76. The number of ether oxygens (including phenoxy) is 2. The van der Waals surface area contributed by atoms with E-state index in [2.05, 4.69) is 5.32 Å². The van der Waals surface area contributed by atoms with Crippen molar-refractivity contribution in [1.82, 2.24) is 5.32 Å². The van der Waals surface area contributed by atoms with E-state index < -0.39 is 27.8 Å². The van der Waals surface area contributed by atoms with E-state index in [1.54, 1.807) is 0 Å². The van der Waals surface area contributed by atoms with Crippen LogP contribution in [-0.2, 0) is 19.4 Å². The van der Waals surface area contributed by atoms with Crippen LogP contribution in [0.1, 0.15) is 22.0 Å². The van der Waals surface area contributed by atoms with Gasteiger partial charge >= 0.3 is 5.97 Å². The molecule has 0 aliphatic heterocycles.